The molecule has 0 saturated heterocycles. The van der Waals surface area contributed by atoms with Gasteiger partial charge in [-0.05, 0) is 35.9 Å². The molecular formula is C15H16N2O2S. The van der Waals surface area contributed by atoms with Crippen LogP contribution in [0.1, 0.15) is 15.9 Å². The lowest BCUT2D eigenvalue weighted by Gasteiger charge is -2.06. The van der Waals surface area contributed by atoms with Crippen LogP contribution in [0.15, 0.2) is 53.4 Å². The van der Waals surface area contributed by atoms with Gasteiger partial charge in [0.25, 0.3) is 5.91 Å². The smallest absolute Gasteiger partial charge is 0.265 e. The summed E-state index contributed by atoms with van der Waals surface area (Å²) in [5, 5.41) is 0. The van der Waals surface area contributed by atoms with Gasteiger partial charge in [0.1, 0.15) is 5.75 Å². The lowest BCUT2D eigenvalue weighted by Crippen LogP contribution is -2.29. The summed E-state index contributed by atoms with van der Waals surface area (Å²) in [6, 6.07) is 15.3. The van der Waals surface area contributed by atoms with Crippen LogP contribution in [-0.2, 0) is 5.75 Å². The minimum absolute atomic E-state index is 0.279. The molecule has 104 valence electrons. The molecule has 3 N–H and O–H groups in total. The number of methoxy groups -OCH3 is 1. The molecule has 0 radical (unpaired) electrons. The topological polar surface area (TPSA) is 64.3 Å². The van der Waals surface area contributed by atoms with Gasteiger partial charge in [-0.1, -0.05) is 18.2 Å². The van der Waals surface area contributed by atoms with Crippen LogP contribution in [0.3, 0.4) is 0 Å². The Kier molecular flexibility index (Phi) is 5.03. The Labute approximate surface area is 122 Å². The van der Waals surface area contributed by atoms with Crippen LogP contribution in [0, 0.1) is 0 Å². The third kappa shape index (κ3) is 3.76. The molecule has 0 aliphatic carbocycles. The zero-order chi connectivity index (χ0) is 14.4. The Hall–Kier alpha value is -1.98. The van der Waals surface area contributed by atoms with E-state index in [1.54, 1.807) is 24.9 Å². The van der Waals surface area contributed by atoms with Crippen molar-refractivity contribution in [3.8, 4) is 5.75 Å². The minimum atomic E-state index is -0.279. The quantitative estimate of drug-likeness (QED) is 0.384. The summed E-state index contributed by atoms with van der Waals surface area (Å²) in [7, 11) is 1.65. The predicted molar refractivity (Wildman–Crippen MR) is 80.7 cm³/mol. The number of nitrogen functional groups attached to an aromatic ring is 1. The summed E-state index contributed by atoms with van der Waals surface area (Å²) >= 11 is 1.69. The molecule has 0 aromatic heterocycles. The van der Waals surface area contributed by atoms with Crippen molar-refractivity contribution in [2.45, 2.75) is 10.6 Å². The van der Waals surface area contributed by atoms with Crippen LogP contribution in [0.25, 0.3) is 0 Å². The van der Waals surface area contributed by atoms with E-state index in [0.717, 1.165) is 22.0 Å². The average Bonchev–Trinajstić information content (AvgIpc) is 2.52. The van der Waals surface area contributed by atoms with Gasteiger partial charge in [-0.25, -0.2) is 5.84 Å². The molecule has 0 unspecified atom stereocenters. The molecule has 2 aromatic carbocycles. The molecule has 4 nitrogen and oxygen atoms in total. The van der Waals surface area contributed by atoms with Crippen molar-refractivity contribution in [1.29, 1.82) is 0 Å². The second-order valence-corrected chi connectivity index (χ2v) is 5.19. The number of rotatable bonds is 5. The summed E-state index contributed by atoms with van der Waals surface area (Å²) in [5.74, 6) is 6.47. The summed E-state index contributed by atoms with van der Waals surface area (Å²) in [6.07, 6.45) is 0. The van der Waals surface area contributed by atoms with Crippen LogP contribution in [0.2, 0.25) is 0 Å². The molecular weight excluding hydrogens is 272 g/mol. The Balaban J connectivity index is 2.05. The highest BCUT2D eigenvalue weighted by Crippen LogP contribution is 2.26. The van der Waals surface area contributed by atoms with E-state index in [2.05, 4.69) is 5.43 Å². The number of hydrazine groups is 1. The fraction of sp³-hybridized carbons (Fsp3) is 0.133. The van der Waals surface area contributed by atoms with E-state index in [1.165, 1.54) is 0 Å². The Morgan fingerprint density at radius 2 is 2.05 bits per heavy atom. The van der Waals surface area contributed by atoms with Gasteiger partial charge in [-0.15, -0.1) is 11.8 Å². The van der Waals surface area contributed by atoms with Gasteiger partial charge in [-0.3, -0.25) is 10.2 Å². The third-order valence-electron chi connectivity index (χ3n) is 2.77. The van der Waals surface area contributed by atoms with Crippen LogP contribution in [-0.4, -0.2) is 13.0 Å². The number of carbonyl (C=O) groups excluding carboxylic acids is 1. The maximum atomic E-state index is 11.5. The van der Waals surface area contributed by atoms with E-state index in [1.807, 2.05) is 42.5 Å². The van der Waals surface area contributed by atoms with Crippen LogP contribution in [0.4, 0.5) is 0 Å². The van der Waals surface area contributed by atoms with Crippen molar-refractivity contribution in [1.82, 2.24) is 5.43 Å². The zero-order valence-corrected chi connectivity index (χ0v) is 11.9. The minimum Gasteiger partial charge on any atom is -0.497 e. The predicted octanol–water partition coefficient (Wildman–Crippen LogP) is 2.59. The Morgan fingerprint density at radius 1 is 1.25 bits per heavy atom. The van der Waals surface area contributed by atoms with E-state index in [0.29, 0.717) is 5.56 Å². The number of hydrogen-bond acceptors (Lipinski definition) is 4. The van der Waals surface area contributed by atoms with Crippen LogP contribution >= 0.6 is 11.8 Å². The number of benzene rings is 2. The van der Waals surface area contributed by atoms with Gasteiger partial charge < -0.3 is 4.74 Å². The number of nitrogens with two attached hydrogens (primary N) is 1. The highest BCUT2D eigenvalue weighted by atomic mass is 32.2. The van der Waals surface area contributed by atoms with Crippen molar-refractivity contribution in [2.24, 2.45) is 5.84 Å². The second-order valence-electron chi connectivity index (χ2n) is 4.14. The van der Waals surface area contributed by atoms with E-state index >= 15 is 0 Å². The monoisotopic (exact) mass is 288 g/mol. The van der Waals surface area contributed by atoms with Crippen molar-refractivity contribution in [3.63, 3.8) is 0 Å². The summed E-state index contributed by atoms with van der Waals surface area (Å²) in [4.78, 5) is 12.6. The first-order valence-corrected chi connectivity index (χ1v) is 7.08. The van der Waals surface area contributed by atoms with Crippen LogP contribution < -0.4 is 16.0 Å². The van der Waals surface area contributed by atoms with Gasteiger partial charge in [0.2, 0.25) is 0 Å². The van der Waals surface area contributed by atoms with E-state index < -0.39 is 0 Å². The lowest BCUT2D eigenvalue weighted by atomic mass is 10.1. The molecule has 0 heterocycles. The highest BCUT2D eigenvalue weighted by Gasteiger charge is 2.04. The van der Waals surface area contributed by atoms with Crippen LogP contribution in [0.5, 0.6) is 5.75 Å². The van der Waals surface area contributed by atoms with Gasteiger partial charge >= 0.3 is 0 Å². The normalized spacial score (nSPS) is 10.1. The average molecular weight is 288 g/mol. The first-order valence-electron chi connectivity index (χ1n) is 6.09. The third-order valence-corrected chi connectivity index (χ3v) is 3.83. The molecule has 0 saturated carbocycles. The molecule has 0 atom stereocenters. The van der Waals surface area contributed by atoms with Gasteiger partial charge in [-0.2, -0.15) is 0 Å². The molecule has 1 amide bonds. The molecule has 2 aromatic rings. The molecule has 0 fully saturated rings. The first-order chi connectivity index (χ1) is 9.72. The molecule has 2 rings (SSSR count). The lowest BCUT2D eigenvalue weighted by molar-refractivity contribution is 0.0953. The summed E-state index contributed by atoms with van der Waals surface area (Å²) in [5.41, 5.74) is 3.77. The molecule has 5 heteroatoms. The first kappa shape index (κ1) is 14.4. The Bertz CT molecular complexity index is 602. The highest BCUT2D eigenvalue weighted by molar-refractivity contribution is 7.98. The van der Waals surface area contributed by atoms with Gasteiger partial charge in [0.05, 0.1) is 7.11 Å². The number of hydrogen-bond donors (Lipinski definition) is 2. The largest absolute Gasteiger partial charge is 0.497 e. The van der Waals surface area contributed by atoms with Crippen molar-refractivity contribution in [3.05, 3.63) is 59.7 Å². The number of amides is 1. The SMILES string of the molecule is COc1cccc(SCc2cccc(C(=O)NN)c2)c1. The standard InChI is InChI=1S/C15H16N2O2S/c1-19-13-6-3-7-14(9-13)20-10-11-4-2-5-12(8-11)15(18)17-16/h2-9H,10,16H2,1H3,(H,17,18). The van der Waals surface area contributed by atoms with Gasteiger partial charge in [0, 0.05) is 16.2 Å². The maximum absolute atomic E-state index is 11.5. The van der Waals surface area contributed by atoms with E-state index in [4.69, 9.17) is 10.6 Å². The fourth-order valence-electron chi connectivity index (χ4n) is 1.74. The molecule has 20 heavy (non-hydrogen) atoms. The van der Waals surface area contributed by atoms with Crippen molar-refractivity contribution in [2.75, 3.05) is 7.11 Å². The number of carbonyl (C=O) groups is 1. The fourth-order valence-corrected chi connectivity index (χ4v) is 2.63. The number of thioether (sulfide) groups is 1. The number of nitrogens with one attached hydrogen (secondary N) is 1. The molecule has 0 aliphatic rings. The molecule has 0 aliphatic heterocycles. The summed E-state index contributed by atoms with van der Waals surface area (Å²) in [6.45, 7) is 0. The Morgan fingerprint density at radius 3 is 2.80 bits per heavy atom. The van der Waals surface area contributed by atoms with Gasteiger partial charge in [0.15, 0.2) is 0 Å². The maximum Gasteiger partial charge on any atom is 0.265 e. The van der Waals surface area contributed by atoms with Crippen molar-refractivity contribution < 1.29 is 9.53 Å². The zero-order valence-electron chi connectivity index (χ0n) is 11.1. The van der Waals surface area contributed by atoms with Crippen molar-refractivity contribution >= 4 is 17.7 Å². The number of ether oxygens (including phenoxy) is 1. The molecule has 0 spiro atoms. The second kappa shape index (κ2) is 6.98. The van der Waals surface area contributed by atoms with E-state index in [9.17, 15) is 4.79 Å². The van der Waals surface area contributed by atoms with E-state index in [-0.39, 0.29) is 5.91 Å². The summed E-state index contributed by atoms with van der Waals surface area (Å²) < 4.78 is 5.19. The molecule has 0 bridgehead atoms.